The Hall–Kier alpha value is -5.90. The lowest BCUT2D eigenvalue weighted by molar-refractivity contribution is 0.458. The molecule has 0 fully saturated rings. The Bertz CT molecular complexity index is 2410. The van der Waals surface area contributed by atoms with Crippen LogP contribution in [-0.2, 0) is 13.0 Å². The van der Waals surface area contributed by atoms with Crippen LogP contribution in [0.5, 0.6) is 23.0 Å². The van der Waals surface area contributed by atoms with Crippen LogP contribution in [0.25, 0.3) is 0 Å². The Balaban J connectivity index is 0.000000200. The summed E-state index contributed by atoms with van der Waals surface area (Å²) >= 11 is 23.0. The zero-order valence-electron chi connectivity index (χ0n) is 28.0. The van der Waals surface area contributed by atoms with Crippen LogP contribution in [0.3, 0.4) is 0 Å². The van der Waals surface area contributed by atoms with Gasteiger partial charge in [-0.15, -0.1) is 0 Å². The molecular weight excluding hydrogens is 766 g/mol. The van der Waals surface area contributed by atoms with Gasteiger partial charge in [0.2, 0.25) is 11.5 Å². The van der Waals surface area contributed by atoms with Crippen molar-refractivity contribution < 1.29 is 9.47 Å². The van der Waals surface area contributed by atoms with Gasteiger partial charge in [-0.1, -0.05) is 53.3 Å². The van der Waals surface area contributed by atoms with Crippen LogP contribution in [0.2, 0.25) is 20.4 Å². The number of aromatic nitrogens is 8. The molecule has 268 valence electrons. The number of nitrogens with zero attached hydrogens (tertiary/aromatic N) is 9. The fourth-order valence-corrected chi connectivity index (χ4v) is 4.75. The van der Waals surface area contributed by atoms with Crippen molar-refractivity contribution >= 4 is 46.4 Å². The summed E-state index contributed by atoms with van der Waals surface area (Å²) in [5.41, 5.74) is 2.28. The molecule has 0 saturated heterocycles. The molecule has 0 bridgehead atoms. The first-order valence-corrected chi connectivity index (χ1v) is 16.7. The quantitative estimate of drug-likeness (QED) is 0.168. The number of hydrogen-bond acceptors (Lipinski definition) is 12. The first kappa shape index (κ1) is 39.9. The number of hydrogen-bond donors (Lipinski definition) is 1. The lowest BCUT2D eigenvalue weighted by Gasteiger charge is -2.11. The van der Waals surface area contributed by atoms with Gasteiger partial charge in [-0.25, -0.2) is 19.9 Å². The zero-order chi connectivity index (χ0) is 38.5. The molecule has 0 spiro atoms. The smallest absolute Gasteiger partial charge is 0.296 e. The van der Waals surface area contributed by atoms with Crippen LogP contribution < -0.4 is 20.6 Å². The van der Waals surface area contributed by atoms with Crippen LogP contribution in [0, 0.1) is 36.5 Å². The van der Waals surface area contributed by atoms with Gasteiger partial charge in [-0.05, 0) is 56.7 Å². The van der Waals surface area contributed by atoms with E-state index < -0.39 is 5.56 Å². The Morgan fingerprint density at radius 2 is 1.23 bits per heavy atom. The van der Waals surface area contributed by atoms with Crippen LogP contribution >= 0.6 is 46.4 Å². The number of H-pyrrole nitrogens is 1. The molecule has 0 saturated carbocycles. The second-order valence-corrected chi connectivity index (χ2v) is 12.2. The summed E-state index contributed by atoms with van der Waals surface area (Å²) in [5, 5.41) is 19.3. The van der Waals surface area contributed by atoms with E-state index in [0.29, 0.717) is 49.2 Å². The van der Waals surface area contributed by atoms with Crippen LogP contribution in [0.15, 0.2) is 83.4 Å². The van der Waals surface area contributed by atoms with Gasteiger partial charge in [0.1, 0.15) is 21.8 Å². The van der Waals surface area contributed by atoms with Crippen LogP contribution in [0.4, 0.5) is 0 Å². The van der Waals surface area contributed by atoms with Gasteiger partial charge in [0.25, 0.3) is 11.1 Å². The lowest BCUT2D eigenvalue weighted by Crippen LogP contribution is -2.23. The average Bonchev–Trinajstić information content (AvgIpc) is 3.14. The second kappa shape index (κ2) is 19.1. The summed E-state index contributed by atoms with van der Waals surface area (Å²) in [4.78, 5) is 50.7. The second-order valence-electron chi connectivity index (χ2n) is 10.5. The number of aryl methyl sites for hydroxylation is 3. The molecule has 6 rings (SSSR count). The highest BCUT2D eigenvalue weighted by Gasteiger charge is 2.14. The van der Waals surface area contributed by atoms with Crippen molar-refractivity contribution in [3.05, 3.63) is 149 Å². The summed E-state index contributed by atoms with van der Waals surface area (Å²) in [6, 6.07) is 13.0. The monoisotopic (exact) mass is 790 g/mol. The lowest BCUT2D eigenvalue weighted by atomic mass is 10.2. The molecule has 4 aromatic heterocycles. The molecule has 53 heavy (non-hydrogen) atoms. The van der Waals surface area contributed by atoms with Crippen molar-refractivity contribution in [1.29, 1.82) is 10.5 Å². The Labute approximate surface area is 322 Å². The van der Waals surface area contributed by atoms with Crippen molar-refractivity contribution in [2.75, 3.05) is 0 Å². The van der Waals surface area contributed by atoms with Crippen molar-refractivity contribution in [1.82, 2.24) is 39.5 Å². The maximum Gasteiger partial charge on any atom is 0.296 e. The minimum absolute atomic E-state index is 0.0422. The summed E-state index contributed by atoms with van der Waals surface area (Å²) in [6.07, 6.45) is 9.72. The van der Waals surface area contributed by atoms with Crippen molar-refractivity contribution in [3.8, 4) is 35.1 Å². The van der Waals surface area contributed by atoms with Crippen molar-refractivity contribution in [2.45, 2.75) is 33.7 Å². The molecule has 0 aliphatic carbocycles. The molecule has 0 radical (unpaired) electrons. The highest BCUT2D eigenvalue weighted by Crippen LogP contribution is 2.26. The van der Waals surface area contributed by atoms with E-state index in [0.717, 1.165) is 12.1 Å². The summed E-state index contributed by atoms with van der Waals surface area (Å²) in [5.74, 6) is 0.727. The highest BCUT2D eigenvalue weighted by atomic mass is 35.5. The molecule has 0 unspecified atom stereocenters. The largest absolute Gasteiger partial charge is 0.450 e. The van der Waals surface area contributed by atoms with Gasteiger partial charge in [-0.3, -0.25) is 24.1 Å². The Morgan fingerprint density at radius 3 is 1.72 bits per heavy atom. The molecule has 4 heterocycles. The minimum atomic E-state index is -0.396. The van der Waals surface area contributed by atoms with Crippen molar-refractivity contribution in [3.63, 3.8) is 0 Å². The van der Waals surface area contributed by atoms with E-state index in [-0.39, 0.29) is 34.5 Å². The van der Waals surface area contributed by atoms with E-state index >= 15 is 0 Å². The van der Waals surface area contributed by atoms with E-state index in [1.165, 1.54) is 66.0 Å². The SMILES string of the molecule is CCc1cnc(Cl)cn1.Cc1nc[nH]c(=O)c1Oc1cc(Cl)cc(C#N)c1.Cc1ncn(Cc2cnc(Cl)cn2)c(=O)c1Oc1cc(Cl)cc(C#N)c1. The topological polar surface area (TPSA) is 198 Å². The minimum Gasteiger partial charge on any atom is -0.450 e. The summed E-state index contributed by atoms with van der Waals surface area (Å²) in [6.45, 7) is 5.49. The molecule has 0 aliphatic heterocycles. The van der Waals surface area contributed by atoms with Gasteiger partial charge >= 0.3 is 0 Å². The predicted molar refractivity (Wildman–Crippen MR) is 198 cm³/mol. The van der Waals surface area contributed by atoms with E-state index in [2.05, 4.69) is 34.9 Å². The number of rotatable bonds is 7. The molecule has 0 amide bonds. The Morgan fingerprint density at radius 1 is 0.698 bits per heavy atom. The number of aromatic amines is 1. The zero-order valence-corrected chi connectivity index (χ0v) is 31.0. The van der Waals surface area contributed by atoms with E-state index in [1.807, 2.05) is 19.1 Å². The molecule has 6 aromatic rings. The number of ether oxygens (including phenoxy) is 2. The fraction of sp³-hybridized carbons (Fsp3) is 0.143. The molecule has 0 atom stereocenters. The number of halogens is 4. The normalized spacial score (nSPS) is 10.1. The van der Waals surface area contributed by atoms with Gasteiger partial charge in [0.05, 0.1) is 90.0 Å². The van der Waals surface area contributed by atoms with Gasteiger partial charge in [0.15, 0.2) is 0 Å². The molecule has 2 aromatic carbocycles. The number of benzene rings is 2. The fourth-order valence-electron chi connectivity index (χ4n) is 4.10. The first-order valence-electron chi connectivity index (χ1n) is 15.2. The molecule has 14 nitrogen and oxygen atoms in total. The predicted octanol–water partition coefficient (Wildman–Crippen LogP) is 7.45. The van der Waals surface area contributed by atoms with E-state index in [1.54, 1.807) is 26.2 Å². The van der Waals surface area contributed by atoms with Gasteiger partial charge in [0, 0.05) is 10.0 Å². The molecule has 18 heteroatoms. The van der Waals surface area contributed by atoms with Gasteiger partial charge in [-0.2, -0.15) is 10.5 Å². The number of nitrogens with one attached hydrogen (secondary N) is 1. The summed E-state index contributed by atoms with van der Waals surface area (Å²) < 4.78 is 12.4. The molecular formula is C35H26Cl4N10O4. The van der Waals surface area contributed by atoms with Gasteiger partial charge < -0.3 is 14.5 Å². The standard InChI is InChI=1S/C17H11Cl2N5O2.C12H8ClN3O2.C6H7ClN2/c1-10-16(26-14-3-11(5-20)2-12(18)4-14)17(25)24(9-23-10)8-13-6-22-15(19)7-21-13;1-7-11(12(17)16-6-15-7)18-10-3-8(5-14)2-9(13)4-10;1-2-5-3-9-6(7)4-8-5/h2-4,6-7,9H,8H2,1H3;2-4,6H,1H3,(H,15,16,17);3-4H,2H2,1H3. The highest BCUT2D eigenvalue weighted by molar-refractivity contribution is 6.31. The Kier molecular flexibility index (Phi) is 14.4. The average molecular weight is 792 g/mol. The van der Waals surface area contributed by atoms with Crippen LogP contribution in [0.1, 0.15) is 40.8 Å². The van der Waals surface area contributed by atoms with Crippen molar-refractivity contribution in [2.24, 2.45) is 0 Å². The third-order valence-corrected chi connectivity index (χ3v) is 7.47. The number of nitriles is 2. The van der Waals surface area contributed by atoms with Crippen LogP contribution in [-0.4, -0.2) is 39.5 Å². The third kappa shape index (κ3) is 11.8. The van der Waals surface area contributed by atoms with E-state index in [9.17, 15) is 9.59 Å². The van der Waals surface area contributed by atoms with E-state index in [4.69, 9.17) is 66.4 Å². The third-order valence-electron chi connectivity index (χ3n) is 6.65. The first-order chi connectivity index (χ1) is 25.4. The maximum absolute atomic E-state index is 12.7. The summed E-state index contributed by atoms with van der Waals surface area (Å²) in [7, 11) is 0. The molecule has 1 N–H and O–H groups in total. The molecule has 0 aliphatic rings. The maximum atomic E-state index is 12.7.